The second kappa shape index (κ2) is 6.13. The van der Waals surface area contributed by atoms with Gasteiger partial charge in [0.1, 0.15) is 6.10 Å². The Morgan fingerprint density at radius 3 is 2.30 bits per heavy atom. The van der Waals surface area contributed by atoms with Crippen LogP contribution in [0.3, 0.4) is 0 Å². The molecule has 0 aromatic carbocycles. The monoisotopic (exact) mass is 325 g/mol. The maximum absolute atomic E-state index is 12.2. The van der Waals surface area contributed by atoms with E-state index in [1.165, 1.54) is 13.8 Å². The van der Waals surface area contributed by atoms with Gasteiger partial charge in [-0.2, -0.15) is 0 Å². The highest BCUT2D eigenvalue weighted by Gasteiger charge is 2.67. The molecule has 4 unspecified atom stereocenters. The van der Waals surface area contributed by atoms with Crippen LogP contribution < -0.4 is 0 Å². The van der Waals surface area contributed by atoms with E-state index in [2.05, 4.69) is 6.92 Å². The van der Waals surface area contributed by atoms with E-state index in [0.717, 1.165) is 12.8 Å². The summed E-state index contributed by atoms with van der Waals surface area (Å²) in [7, 11) is 0. The maximum atomic E-state index is 12.2. The molecule has 0 spiro atoms. The van der Waals surface area contributed by atoms with Gasteiger partial charge in [-0.1, -0.05) is 6.92 Å². The number of amides is 1. The summed E-state index contributed by atoms with van der Waals surface area (Å²) >= 11 is 0. The van der Waals surface area contributed by atoms with E-state index in [1.54, 1.807) is 6.92 Å². The molecule has 2 fully saturated rings. The topological polar surface area (TPSA) is 72.9 Å². The molecule has 1 saturated carbocycles. The highest BCUT2D eigenvalue weighted by Crippen LogP contribution is 2.60. The zero-order chi connectivity index (χ0) is 17.4. The Morgan fingerprint density at radius 1 is 1.13 bits per heavy atom. The second-order valence-electron chi connectivity index (χ2n) is 7.16. The van der Waals surface area contributed by atoms with Crippen LogP contribution in [0, 0.1) is 11.3 Å². The Balaban J connectivity index is 2.26. The zero-order valence-corrected chi connectivity index (χ0v) is 14.7. The lowest BCUT2D eigenvalue weighted by Gasteiger charge is -2.44. The van der Waals surface area contributed by atoms with Gasteiger partial charge in [-0.3, -0.25) is 14.4 Å². The number of fused-ring (bicyclic) bond motifs is 1. The lowest BCUT2D eigenvalue weighted by atomic mass is 9.68. The number of ether oxygens (including phenoxy) is 2. The Labute approximate surface area is 137 Å². The van der Waals surface area contributed by atoms with Crippen LogP contribution in [0.5, 0.6) is 0 Å². The summed E-state index contributed by atoms with van der Waals surface area (Å²) in [6.07, 6.45) is 2.06. The van der Waals surface area contributed by atoms with Gasteiger partial charge < -0.3 is 14.4 Å². The Bertz CT molecular complexity index is 519. The normalized spacial score (nSPS) is 35.8. The molecule has 130 valence electrons. The third-order valence-corrected chi connectivity index (χ3v) is 6.03. The van der Waals surface area contributed by atoms with E-state index in [-0.39, 0.29) is 35.3 Å². The predicted molar refractivity (Wildman–Crippen MR) is 83.4 cm³/mol. The molecule has 0 radical (unpaired) electrons. The molecule has 2 aliphatic rings. The van der Waals surface area contributed by atoms with Crippen LogP contribution in [0.4, 0.5) is 0 Å². The molecule has 1 heterocycles. The number of nitrogens with zero attached hydrogens (tertiary/aromatic N) is 1. The van der Waals surface area contributed by atoms with Crippen molar-refractivity contribution >= 4 is 17.8 Å². The molecule has 6 heteroatoms. The number of hydrogen-bond donors (Lipinski definition) is 0. The van der Waals surface area contributed by atoms with Gasteiger partial charge in [-0.25, -0.2) is 0 Å². The van der Waals surface area contributed by atoms with E-state index < -0.39 is 5.54 Å². The summed E-state index contributed by atoms with van der Waals surface area (Å²) in [6.45, 7) is 9.53. The SMILES string of the molecule is CC(=O)OCCC1CN(C(C)=O)C2(C)C(OC(C)=O)CCC12C. The van der Waals surface area contributed by atoms with Gasteiger partial charge in [0.25, 0.3) is 0 Å². The number of hydrogen-bond acceptors (Lipinski definition) is 5. The number of carbonyl (C=O) groups excluding carboxylic acids is 3. The summed E-state index contributed by atoms with van der Waals surface area (Å²) in [5, 5.41) is 0. The molecule has 4 atom stereocenters. The van der Waals surface area contributed by atoms with Gasteiger partial charge in [0.15, 0.2) is 0 Å². The largest absolute Gasteiger partial charge is 0.466 e. The van der Waals surface area contributed by atoms with Crippen molar-refractivity contribution in [1.82, 2.24) is 4.90 Å². The van der Waals surface area contributed by atoms with Gasteiger partial charge in [0, 0.05) is 27.3 Å². The second-order valence-corrected chi connectivity index (χ2v) is 7.16. The fourth-order valence-electron chi connectivity index (χ4n) is 4.63. The first kappa shape index (κ1) is 17.8. The molecule has 1 aliphatic carbocycles. The summed E-state index contributed by atoms with van der Waals surface area (Å²) in [6, 6.07) is 0. The van der Waals surface area contributed by atoms with E-state index in [0.29, 0.717) is 19.6 Å². The third-order valence-electron chi connectivity index (χ3n) is 6.03. The zero-order valence-electron chi connectivity index (χ0n) is 14.7. The summed E-state index contributed by atoms with van der Waals surface area (Å²) < 4.78 is 10.6. The van der Waals surface area contributed by atoms with Crippen LogP contribution in [0.2, 0.25) is 0 Å². The maximum Gasteiger partial charge on any atom is 0.302 e. The van der Waals surface area contributed by atoms with E-state index in [4.69, 9.17) is 9.47 Å². The van der Waals surface area contributed by atoms with E-state index in [1.807, 2.05) is 11.8 Å². The molecule has 1 aliphatic heterocycles. The number of esters is 2. The minimum Gasteiger partial charge on any atom is -0.466 e. The molecule has 23 heavy (non-hydrogen) atoms. The predicted octanol–water partition coefficient (Wildman–Crippen LogP) is 1.91. The van der Waals surface area contributed by atoms with Crippen LogP contribution in [-0.2, 0) is 23.9 Å². The van der Waals surface area contributed by atoms with Crippen LogP contribution in [0.15, 0.2) is 0 Å². The first-order chi connectivity index (χ1) is 10.6. The van der Waals surface area contributed by atoms with E-state index >= 15 is 0 Å². The quantitative estimate of drug-likeness (QED) is 0.738. The highest BCUT2D eigenvalue weighted by molar-refractivity contribution is 5.75. The summed E-state index contributed by atoms with van der Waals surface area (Å²) in [5.41, 5.74) is -0.662. The highest BCUT2D eigenvalue weighted by atomic mass is 16.5. The average Bonchev–Trinajstić information content (AvgIpc) is 2.79. The number of rotatable bonds is 4. The Kier molecular flexibility index (Phi) is 4.74. The van der Waals surface area contributed by atoms with Crippen LogP contribution in [-0.4, -0.2) is 47.5 Å². The van der Waals surface area contributed by atoms with Crippen LogP contribution >= 0.6 is 0 Å². The molecular weight excluding hydrogens is 298 g/mol. The van der Waals surface area contributed by atoms with Gasteiger partial charge in [-0.15, -0.1) is 0 Å². The number of likely N-dealkylation sites (tertiary alicyclic amines) is 1. The molecule has 1 saturated heterocycles. The minimum absolute atomic E-state index is 0.00670. The third kappa shape index (κ3) is 2.83. The molecule has 0 aromatic heterocycles. The van der Waals surface area contributed by atoms with Crippen molar-refractivity contribution in [3.8, 4) is 0 Å². The van der Waals surface area contributed by atoms with E-state index in [9.17, 15) is 14.4 Å². The first-order valence-electron chi connectivity index (χ1n) is 8.21. The lowest BCUT2D eigenvalue weighted by Crippen LogP contribution is -2.57. The van der Waals surface area contributed by atoms with Gasteiger partial charge in [-0.05, 0) is 37.5 Å². The van der Waals surface area contributed by atoms with Crippen molar-refractivity contribution in [1.29, 1.82) is 0 Å². The Morgan fingerprint density at radius 2 is 1.78 bits per heavy atom. The fourth-order valence-corrected chi connectivity index (χ4v) is 4.63. The molecule has 0 N–H and O–H groups in total. The average molecular weight is 325 g/mol. The number of carbonyl (C=O) groups is 3. The van der Waals surface area contributed by atoms with Crippen LogP contribution in [0.25, 0.3) is 0 Å². The Hall–Kier alpha value is -1.59. The van der Waals surface area contributed by atoms with Gasteiger partial charge in [0.2, 0.25) is 5.91 Å². The molecular formula is C17H27NO5. The van der Waals surface area contributed by atoms with Crippen molar-refractivity contribution in [3.05, 3.63) is 0 Å². The molecule has 6 nitrogen and oxygen atoms in total. The van der Waals surface area contributed by atoms with Gasteiger partial charge >= 0.3 is 11.9 Å². The van der Waals surface area contributed by atoms with Crippen LogP contribution in [0.1, 0.15) is 53.9 Å². The molecule has 0 bridgehead atoms. The van der Waals surface area contributed by atoms with Crippen molar-refractivity contribution < 1.29 is 23.9 Å². The van der Waals surface area contributed by atoms with Crippen molar-refractivity contribution in [2.45, 2.75) is 65.5 Å². The molecule has 0 aromatic rings. The summed E-state index contributed by atoms with van der Waals surface area (Å²) in [4.78, 5) is 36.5. The fraction of sp³-hybridized carbons (Fsp3) is 0.824. The molecule has 2 rings (SSSR count). The smallest absolute Gasteiger partial charge is 0.302 e. The lowest BCUT2D eigenvalue weighted by molar-refractivity contribution is -0.158. The van der Waals surface area contributed by atoms with Crippen molar-refractivity contribution in [2.24, 2.45) is 11.3 Å². The van der Waals surface area contributed by atoms with Crippen molar-refractivity contribution in [2.75, 3.05) is 13.2 Å². The van der Waals surface area contributed by atoms with Gasteiger partial charge in [0.05, 0.1) is 12.1 Å². The first-order valence-corrected chi connectivity index (χ1v) is 8.21. The minimum atomic E-state index is -0.509. The van der Waals surface area contributed by atoms with Crippen molar-refractivity contribution in [3.63, 3.8) is 0 Å². The standard InChI is InChI=1S/C17H27NO5/c1-11(19)18-10-14(7-9-22-12(2)20)16(4)8-6-15(17(16,18)5)23-13(3)21/h14-15H,6-10H2,1-5H3. The molecule has 1 amide bonds. The summed E-state index contributed by atoms with van der Waals surface area (Å²) in [5.74, 6) is -0.389.